The molecule has 56 valence electrons. The van der Waals surface area contributed by atoms with Crippen LogP contribution < -0.4 is 0 Å². The molecule has 9 heavy (non-hydrogen) atoms. The SMILES string of the molecule is CCOOCCC(C)O. The standard InChI is InChI=1S/C6H14O3/c1-3-8-9-5-4-6(2)7/h6-7H,3-5H2,1-2H3. The van der Waals surface area contributed by atoms with Gasteiger partial charge in [-0.25, -0.2) is 9.78 Å². The van der Waals surface area contributed by atoms with Crippen molar-refractivity contribution >= 4 is 0 Å². The first kappa shape index (κ1) is 8.88. The zero-order chi connectivity index (χ0) is 7.11. The summed E-state index contributed by atoms with van der Waals surface area (Å²) in [6.07, 6.45) is 0.324. The molecule has 0 bridgehead atoms. The van der Waals surface area contributed by atoms with Crippen LogP contribution in [0, 0.1) is 0 Å². The zero-order valence-corrected chi connectivity index (χ0v) is 5.96. The third kappa shape index (κ3) is 7.88. The van der Waals surface area contributed by atoms with E-state index in [4.69, 9.17) is 5.11 Å². The quantitative estimate of drug-likeness (QED) is 0.342. The molecule has 0 aliphatic carbocycles. The van der Waals surface area contributed by atoms with Crippen molar-refractivity contribution < 1.29 is 14.9 Å². The van der Waals surface area contributed by atoms with Crippen molar-refractivity contribution in [2.45, 2.75) is 26.4 Å². The molecule has 0 aromatic rings. The van der Waals surface area contributed by atoms with Gasteiger partial charge in [-0.1, -0.05) is 0 Å². The van der Waals surface area contributed by atoms with Gasteiger partial charge in [-0.2, -0.15) is 0 Å². The summed E-state index contributed by atoms with van der Waals surface area (Å²) in [5, 5.41) is 8.72. The molecule has 0 saturated carbocycles. The molecule has 0 aliphatic rings. The minimum absolute atomic E-state index is 0.301. The van der Waals surface area contributed by atoms with Gasteiger partial charge in [0, 0.05) is 0 Å². The molecular formula is C6H14O3. The number of aliphatic hydroxyl groups is 1. The Morgan fingerprint density at radius 2 is 2.11 bits per heavy atom. The van der Waals surface area contributed by atoms with Gasteiger partial charge in [0.15, 0.2) is 0 Å². The van der Waals surface area contributed by atoms with Crippen molar-refractivity contribution in [3.63, 3.8) is 0 Å². The molecule has 3 heteroatoms. The highest BCUT2D eigenvalue weighted by molar-refractivity contribution is 4.41. The highest BCUT2D eigenvalue weighted by Crippen LogP contribution is 1.89. The van der Waals surface area contributed by atoms with E-state index in [1.165, 1.54) is 0 Å². The summed E-state index contributed by atoms with van der Waals surface area (Å²) in [6, 6.07) is 0. The van der Waals surface area contributed by atoms with Crippen LogP contribution in [0.3, 0.4) is 0 Å². The van der Waals surface area contributed by atoms with Gasteiger partial charge < -0.3 is 5.11 Å². The van der Waals surface area contributed by atoms with E-state index in [1.807, 2.05) is 6.92 Å². The van der Waals surface area contributed by atoms with Crippen molar-refractivity contribution in [3.8, 4) is 0 Å². The van der Waals surface area contributed by atoms with Gasteiger partial charge in [-0.05, 0) is 20.3 Å². The summed E-state index contributed by atoms with van der Waals surface area (Å²) < 4.78 is 0. The Morgan fingerprint density at radius 1 is 1.44 bits per heavy atom. The maximum Gasteiger partial charge on any atom is 0.0846 e. The van der Waals surface area contributed by atoms with Crippen LogP contribution in [0.2, 0.25) is 0 Å². The Morgan fingerprint density at radius 3 is 2.56 bits per heavy atom. The van der Waals surface area contributed by atoms with Gasteiger partial charge in [0.05, 0.1) is 19.3 Å². The maximum atomic E-state index is 8.72. The predicted octanol–water partition coefficient (Wildman–Crippen LogP) is 0.725. The molecule has 0 aliphatic heterocycles. The second kappa shape index (κ2) is 6.01. The lowest BCUT2D eigenvalue weighted by molar-refractivity contribution is -0.293. The smallest absolute Gasteiger partial charge is 0.0846 e. The second-order valence-corrected chi connectivity index (χ2v) is 1.87. The van der Waals surface area contributed by atoms with Gasteiger partial charge in [-0.3, -0.25) is 0 Å². The first-order valence-corrected chi connectivity index (χ1v) is 3.19. The third-order valence-electron chi connectivity index (χ3n) is 0.820. The number of aliphatic hydroxyl groups excluding tert-OH is 1. The molecule has 0 heterocycles. The molecule has 1 unspecified atom stereocenters. The Balaban J connectivity index is 2.75. The Bertz CT molecular complexity index is 54.3. The van der Waals surface area contributed by atoms with Crippen molar-refractivity contribution in [1.29, 1.82) is 0 Å². The van der Waals surface area contributed by atoms with Crippen LogP contribution in [-0.2, 0) is 9.78 Å². The fourth-order valence-electron chi connectivity index (χ4n) is 0.361. The zero-order valence-electron chi connectivity index (χ0n) is 5.96. The summed E-state index contributed by atoms with van der Waals surface area (Å²) in [6.45, 7) is 4.59. The van der Waals surface area contributed by atoms with Gasteiger partial charge in [0.2, 0.25) is 0 Å². The Kier molecular flexibility index (Phi) is 5.93. The second-order valence-electron chi connectivity index (χ2n) is 1.87. The highest BCUT2D eigenvalue weighted by atomic mass is 17.2. The average molecular weight is 134 g/mol. The van der Waals surface area contributed by atoms with E-state index in [2.05, 4.69) is 9.78 Å². The average Bonchev–Trinajstić information content (AvgIpc) is 1.80. The molecule has 3 nitrogen and oxygen atoms in total. The molecule has 0 rings (SSSR count). The number of hydrogen-bond donors (Lipinski definition) is 1. The van der Waals surface area contributed by atoms with E-state index in [-0.39, 0.29) is 6.10 Å². The molecule has 0 aromatic carbocycles. The molecule has 0 saturated heterocycles. The van der Waals surface area contributed by atoms with Crippen molar-refractivity contribution in [2.24, 2.45) is 0 Å². The van der Waals surface area contributed by atoms with Crippen molar-refractivity contribution in [1.82, 2.24) is 0 Å². The summed E-state index contributed by atoms with van der Waals surface area (Å²) in [7, 11) is 0. The van der Waals surface area contributed by atoms with Gasteiger partial charge >= 0.3 is 0 Å². The van der Waals surface area contributed by atoms with Crippen LogP contribution in [0.1, 0.15) is 20.3 Å². The van der Waals surface area contributed by atoms with Crippen molar-refractivity contribution in [2.75, 3.05) is 13.2 Å². The molecule has 0 aromatic heterocycles. The van der Waals surface area contributed by atoms with Crippen LogP contribution in [0.4, 0.5) is 0 Å². The molecule has 0 radical (unpaired) electrons. The van der Waals surface area contributed by atoms with Crippen LogP contribution in [0.5, 0.6) is 0 Å². The molecule has 1 N–H and O–H groups in total. The molecular weight excluding hydrogens is 120 g/mol. The monoisotopic (exact) mass is 134 g/mol. The fraction of sp³-hybridized carbons (Fsp3) is 1.00. The number of hydrogen-bond acceptors (Lipinski definition) is 3. The van der Waals surface area contributed by atoms with Crippen LogP contribution in [0.15, 0.2) is 0 Å². The van der Waals surface area contributed by atoms with Gasteiger partial charge in [0.25, 0.3) is 0 Å². The summed E-state index contributed by atoms with van der Waals surface area (Å²) in [5.41, 5.74) is 0. The topological polar surface area (TPSA) is 38.7 Å². The van der Waals surface area contributed by atoms with Gasteiger partial charge in [-0.15, -0.1) is 0 Å². The normalized spacial score (nSPS) is 13.7. The summed E-state index contributed by atoms with van der Waals surface area (Å²) >= 11 is 0. The Labute approximate surface area is 55.5 Å². The molecule has 0 spiro atoms. The highest BCUT2D eigenvalue weighted by Gasteiger charge is 1.93. The lowest BCUT2D eigenvalue weighted by Crippen LogP contribution is -2.05. The first-order chi connectivity index (χ1) is 4.27. The fourth-order valence-corrected chi connectivity index (χ4v) is 0.361. The van der Waals surface area contributed by atoms with E-state index in [1.54, 1.807) is 6.92 Å². The molecule has 0 amide bonds. The van der Waals surface area contributed by atoms with E-state index in [9.17, 15) is 0 Å². The van der Waals surface area contributed by atoms with E-state index >= 15 is 0 Å². The van der Waals surface area contributed by atoms with Crippen LogP contribution in [0.25, 0.3) is 0 Å². The number of rotatable bonds is 5. The third-order valence-corrected chi connectivity index (χ3v) is 0.820. The first-order valence-electron chi connectivity index (χ1n) is 3.19. The molecule has 0 fully saturated rings. The summed E-state index contributed by atoms with van der Waals surface area (Å²) in [4.78, 5) is 9.21. The lowest BCUT2D eigenvalue weighted by atomic mass is 10.3. The largest absolute Gasteiger partial charge is 0.393 e. The predicted molar refractivity (Wildman–Crippen MR) is 33.9 cm³/mol. The molecule has 1 atom stereocenters. The summed E-state index contributed by atoms with van der Waals surface area (Å²) in [5.74, 6) is 0. The van der Waals surface area contributed by atoms with Crippen LogP contribution in [-0.4, -0.2) is 24.4 Å². The van der Waals surface area contributed by atoms with Crippen molar-refractivity contribution in [3.05, 3.63) is 0 Å². The minimum Gasteiger partial charge on any atom is -0.393 e. The maximum absolute atomic E-state index is 8.72. The van der Waals surface area contributed by atoms with E-state index in [0.717, 1.165) is 0 Å². The lowest BCUT2D eigenvalue weighted by Gasteiger charge is -2.02. The van der Waals surface area contributed by atoms with E-state index < -0.39 is 0 Å². The van der Waals surface area contributed by atoms with Gasteiger partial charge in [0.1, 0.15) is 0 Å². The Hall–Kier alpha value is -0.120. The minimum atomic E-state index is -0.301. The van der Waals surface area contributed by atoms with E-state index in [0.29, 0.717) is 19.6 Å². The van der Waals surface area contributed by atoms with Crippen LogP contribution >= 0.6 is 0 Å².